The summed E-state index contributed by atoms with van der Waals surface area (Å²) < 4.78 is 0.948. The number of hydrogen-bond donors (Lipinski definition) is 1. The van der Waals surface area contributed by atoms with Crippen LogP contribution in [0.1, 0.15) is 24.8 Å². The van der Waals surface area contributed by atoms with E-state index in [0.717, 1.165) is 26.6 Å². The average Bonchev–Trinajstić information content (AvgIpc) is 2.68. The zero-order valence-electron chi connectivity index (χ0n) is 15.5. The lowest BCUT2D eigenvalue weighted by Crippen LogP contribution is -2.29. The van der Waals surface area contributed by atoms with Gasteiger partial charge < -0.3 is 5.32 Å². The number of carbonyl (C=O) groups is 3. The van der Waals surface area contributed by atoms with E-state index in [-0.39, 0.29) is 43.0 Å². The SMILES string of the molecule is O=C1CC(=O)CC(C(=O)Cc2ccc3ncnc(Nc4cccc(Br)c4)c3c2)C1. The number of carbonyl (C=O) groups excluding carboxylic acids is 3. The van der Waals surface area contributed by atoms with Crippen LogP contribution in [0.25, 0.3) is 10.9 Å². The minimum atomic E-state index is -0.509. The Morgan fingerprint density at radius 3 is 2.62 bits per heavy atom. The summed E-state index contributed by atoms with van der Waals surface area (Å²) in [5.74, 6) is -0.237. The molecular formula is C22H18BrN3O3. The van der Waals surface area contributed by atoms with Crippen LogP contribution in [-0.2, 0) is 20.8 Å². The van der Waals surface area contributed by atoms with E-state index >= 15 is 0 Å². The molecule has 1 aliphatic carbocycles. The van der Waals surface area contributed by atoms with E-state index in [0.29, 0.717) is 5.82 Å². The molecule has 0 bridgehead atoms. The van der Waals surface area contributed by atoms with Crippen molar-refractivity contribution in [2.75, 3.05) is 5.32 Å². The molecule has 29 heavy (non-hydrogen) atoms. The highest BCUT2D eigenvalue weighted by atomic mass is 79.9. The van der Waals surface area contributed by atoms with Gasteiger partial charge in [-0.2, -0.15) is 0 Å². The van der Waals surface area contributed by atoms with Crippen molar-refractivity contribution >= 4 is 55.7 Å². The lowest BCUT2D eigenvalue weighted by atomic mass is 9.83. The number of anilines is 2. The highest BCUT2D eigenvalue weighted by Crippen LogP contribution is 2.27. The molecule has 4 rings (SSSR count). The highest BCUT2D eigenvalue weighted by Gasteiger charge is 2.30. The van der Waals surface area contributed by atoms with Gasteiger partial charge >= 0.3 is 0 Å². The highest BCUT2D eigenvalue weighted by molar-refractivity contribution is 9.10. The van der Waals surface area contributed by atoms with Gasteiger partial charge in [0.2, 0.25) is 0 Å². The number of benzene rings is 2. The van der Waals surface area contributed by atoms with Crippen molar-refractivity contribution in [3.8, 4) is 0 Å². The van der Waals surface area contributed by atoms with Crippen LogP contribution in [-0.4, -0.2) is 27.3 Å². The Hall–Kier alpha value is -2.93. The monoisotopic (exact) mass is 451 g/mol. The largest absolute Gasteiger partial charge is 0.340 e. The van der Waals surface area contributed by atoms with Crippen LogP contribution in [0.3, 0.4) is 0 Å². The first-order valence-corrected chi connectivity index (χ1v) is 10.1. The first kappa shape index (κ1) is 19.4. The minimum absolute atomic E-state index is 0.0400. The van der Waals surface area contributed by atoms with E-state index in [9.17, 15) is 14.4 Å². The molecule has 1 aromatic heterocycles. The molecule has 0 spiro atoms. The molecule has 0 aliphatic heterocycles. The van der Waals surface area contributed by atoms with E-state index in [1.807, 2.05) is 42.5 Å². The molecule has 2 aromatic carbocycles. The van der Waals surface area contributed by atoms with Crippen molar-refractivity contribution in [2.45, 2.75) is 25.7 Å². The molecular weight excluding hydrogens is 434 g/mol. The summed E-state index contributed by atoms with van der Waals surface area (Å²) in [6.45, 7) is 0. The van der Waals surface area contributed by atoms with Crippen LogP contribution < -0.4 is 5.32 Å². The van der Waals surface area contributed by atoms with Crippen LogP contribution in [0.15, 0.2) is 53.3 Å². The number of nitrogens with one attached hydrogen (secondary N) is 1. The second-order valence-electron chi connectivity index (χ2n) is 7.21. The lowest BCUT2D eigenvalue weighted by molar-refractivity contribution is -0.136. The Morgan fingerprint density at radius 1 is 1.07 bits per heavy atom. The lowest BCUT2D eigenvalue weighted by Gasteiger charge is -2.18. The van der Waals surface area contributed by atoms with Crippen LogP contribution in [0.4, 0.5) is 11.5 Å². The predicted molar refractivity (Wildman–Crippen MR) is 113 cm³/mol. The molecule has 0 amide bonds. The van der Waals surface area contributed by atoms with Gasteiger partial charge in [-0.3, -0.25) is 14.4 Å². The van der Waals surface area contributed by atoms with E-state index in [4.69, 9.17) is 0 Å². The molecule has 6 nitrogen and oxygen atoms in total. The minimum Gasteiger partial charge on any atom is -0.340 e. The van der Waals surface area contributed by atoms with Crippen molar-refractivity contribution < 1.29 is 14.4 Å². The van der Waals surface area contributed by atoms with Gasteiger partial charge in [-0.05, 0) is 35.9 Å². The Balaban J connectivity index is 1.59. The van der Waals surface area contributed by atoms with Crippen LogP contribution >= 0.6 is 15.9 Å². The second-order valence-corrected chi connectivity index (χ2v) is 8.13. The average molecular weight is 452 g/mol. The predicted octanol–water partition coefficient (Wildman–Crippen LogP) is 4.19. The number of aromatic nitrogens is 2. The van der Waals surface area contributed by atoms with Gasteiger partial charge in [0.15, 0.2) is 0 Å². The van der Waals surface area contributed by atoms with E-state index in [1.165, 1.54) is 6.33 Å². The number of fused-ring (bicyclic) bond motifs is 1. The maximum Gasteiger partial charge on any atom is 0.141 e. The molecule has 1 aliphatic rings. The summed E-state index contributed by atoms with van der Waals surface area (Å²) in [6.07, 6.45) is 1.95. The van der Waals surface area contributed by atoms with Crippen LogP contribution in [0.2, 0.25) is 0 Å². The van der Waals surface area contributed by atoms with Crippen LogP contribution in [0, 0.1) is 5.92 Å². The zero-order chi connectivity index (χ0) is 20.4. The molecule has 1 N–H and O–H groups in total. The zero-order valence-corrected chi connectivity index (χ0v) is 17.1. The van der Waals surface area contributed by atoms with Crippen molar-refractivity contribution in [3.05, 3.63) is 58.8 Å². The second kappa shape index (κ2) is 8.21. The number of ketones is 3. The maximum absolute atomic E-state index is 12.7. The summed E-state index contributed by atoms with van der Waals surface area (Å²) in [5, 5.41) is 4.09. The molecule has 0 saturated heterocycles. The normalized spacial score (nSPS) is 14.9. The smallest absolute Gasteiger partial charge is 0.141 e. The van der Waals surface area contributed by atoms with E-state index in [1.54, 1.807) is 0 Å². The fourth-order valence-electron chi connectivity index (χ4n) is 3.58. The molecule has 1 fully saturated rings. The molecule has 0 unspecified atom stereocenters. The Bertz CT molecular complexity index is 1110. The maximum atomic E-state index is 12.7. The van der Waals surface area contributed by atoms with E-state index in [2.05, 4.69) is 31.2 Å². The van der Waals surface area contributed by atoms with Gasteiger partial charge in [0.05, 0.1) is 11.9 Å². The molecule has 1 saturated carbocycles. The van der Waals surface area contributed by atoms with Crippen molar-refractivity contribution in [1.29, 1.82) is 0 Å². The number of rotatable bonds is 5. The fraction of sp³-hybridized carbons (Fsp3) is 0.227. The van der Waals surface area contributed by atoms with Gasteiger partial charge in [-0.25, -0.2) is 9.97 Å². The van der Waals surface area contributed by atoms with Crippen LogP contribution in [0.5, 0.6) is 0 Å². The topological polar surface area (TPSA) is 89.0 Å². The Morgan fingerprint density at radius 2 is 1.86 bits per heavy atom. The number of Topliss-reactive ketones (excluding diaryl/α,β-unsaturated/α-hetero) is 3. The first-order chi connectivity index (χ1) is 14.0. The summed E-state index contributed by atoms with van der Waals surface area (Å²) in [4.78, 5) is 44.6. The summed E-state index contributed by atoms with van der Waals surface area (Å²) in [7, 11) is 0. The molecule has 146 valence electrons. The van der Waals surface area contributed by atoms with Gasteiger partial charge in [0, 0.05) is 40.7 Å². The van der Waals surface area contributed by atoms with Crippen molar-refractivity contribution in [1.82, 2.24) is 9.97 Å². The Labute approximate surface area is 175 Å². The molecule has 0 radical (unpaired) electrons. The summed E-state index contributed by atoms with van der Waals surface area (Å²) >= 11 is 3.45. The quantitative estimate of drug-likeness (QED) is 0.585. The number of halogens is 1. The molecule has 1 heterocycles. The third-order valence-corrected chi connectivity index (χ3v) is 5.46. The first-order valence-electron chi connectivity index (χ1n) is 9.30. The summed E-state index contributed by atoms with van der Waals surface area (Å²) in [6, 6.07) is 13.3. The third kappa shape index (κ3) is 4.56. The fourth-order valence-corrected chi connectivity index (χ4v) is 3.97. The molecule has 7 heteroatoms. The molecule has 0 atom stereocenters. The number of nitrogens with zero attached hydrogens (tertiary/aromatic N) is 2. The van der Waals surface area contributed by atoms with Gasteiger partial charge in [-0.1, -0.05) is 28.1 Å². The summed E-state index contributed by atoms with van der Waals surface area (Å²) in [5.41, 5.74) is 2.44. The van der Waals surface area contributed by atoms with Gasteiger partial charge in [0.1, 0.15) is 29.5 Å². The standard InChI is InChI=1S/C22H18BrN3O3/c23-15-2-1-3-16(10-15)26-22-19-6-13(4-5-20(19)24-12-25-22)7-21(29)14-8-17(27)11-18(28)9-14/h1-6,10,12,14H,7-9,11H2,(H,24,25,26). The van der Waals surface area contributed by atoms with Gasteiger partial charge in [-0.15, -0.1) is 0 Å². The van der Waals surface area contributed by atoms with Gasteiger partial charge in [0.25, 0.3) is 0 Å². The van der Waals surface area contributed by atoms with Crippen molar-refractivity contribution in [2.24, 2.45) is 5.92 Å². The number of hydrogen-bond acceptors (Lipinski definition) is 6. The third-order valence-electron chi connectivity index (χ3n) is 4.96. The molecule has 3 aromatic rings. The van der Waals surface area contributed by atoms with E-state index < -0.39 is 5.92 Å². The Kier molecular flexibility index (Phi) is 5.49. The van der Waals surface area contributed by atoms with Crippen molar-refractivity contribution in [3.63, 3.8) is 0 Å².